The SMILES string of the molecule is Cc1cccc(N2CCN(Cc3ccc(CC(=O)O)cc3)CC2)c1. The quantitative estimate of drug-likeness (QED) is 0.918. The number of hydrogen-bond acceptors (Lipinski definition) is 3. The van der Waals surface area contributed by atoms with Crippen LogP contribution in [0, 0.1) is 6.92 Å². The van der Waals surface area contributed by atoms with Crippen molar-refractivity contribution in [3.05, 3.63) is 65.2 Å². The largest absolute Gasteiger partial charge is 0.481 e. The van der Waals surface area contributed by atoms with Gasteiger partial charge in [0.25, 0.3) is 0 Å². The fraction of sp³-hybridized carbons (Fsp3) is 0.350. The fourth-order valence-corrected chi connectivity index (χ4v) is 3.18. The third-order valence-electron chi connectivity index (χ3n) is 4.52. The molecule has 0 amide bonds. The van der Waals surface area contributed by atoms with Crippen molar-refractivity contribution in [2.24, 2.45) is 0 Å². The summed E-state index contributed by atoms with van der Waals surface area (Å²) in [5, 5.41) is 8.82. The highest BCUT2D eigenvalue weighted by molar-refractivity contribution is 5.70. The molecule has 2 aromatic rings. The molecule has 0 unspecified atom stereocenters. The Labute approximate surface area is 143 Å². The molecular formula is C20H24N2O2. The number of anilines is 1. The van der Waals surface area contributed by atoms with Gasteiger partial charge in [0.2, 0.25) is 0 Å². The molecule has 0 aliphatic carbocycles. The number of carbonyl (C=O) groups is 1. The van der Waals surface area contributed by atoms with Gasteiger partial charge in [-0.3, -0.25) is 9.69 Å². The summed E-state index contributed by atoms with van der Waals surface area (Å²) in [6.45, 7) is 7.24. The van der Waals surface area contributed by atoms with Crippen molar-refractivity contribution in [3.8, 4) is 0 Å². The molecule has 3 rings (SSSR count). The van der Waals surface area contributed by atoms with Crippen LogP contribution in [-0.4, -0.2) is 42.2 Å². The Hall–Kier alpha value is -2.33. The number of rotatable bonds is 5. The minimum Gasteiger partial charge on any atom is -0.481 e. The van der Waals surface area contributed by atoms with Gasteiger partial charge in [-0.15, -0.1) is 0 Å². The highest BCUT2D eigenvalue weighted by Crippen LogP contribution is 2.18. The van der Waals surface area contributed by atoms with Crippen molar-refractivity contribution in [2.75, 3.05) is 31.1 Å². The van der Waals surface area contributed by atoms with Crippen LogP contribution in [0.5, 0.6) is 0 Å². The van der Waals surface area contributed by atoms with Crippen molar-refractivity contribution >= 4 is 11.7 Å². The fourth-order valence-electron chi connectivity index (χ4n) is 3.18. The predicted molar refractivity (Wildman–Crippen MR) is 96.5 cm³/mol. The van der Waals surface area contributed by atoms with Crippen LogP contribution in [0.25, 0.3) is 0 Å². The van der Waals surface area contributed by atoms with Gasteiger partial charge in [0.05, 0.1) is 6.42 Å². The van der Waals surface area contributed by atoms with Crippen molar-refractivity contribution in [3.63, 3.8) is 0 Å². The lowest BCUT2D eigenvalue weighted by Gasteiger charge is -2.36. The van der Waals surface area contributed by atoms with Crippen LogP contribution in [0.3, 0.4) is 0 Å². The van der Waals surface area contributed by atoms with Gasteiger partial charge < -0.3 is 10.0 Å². The van der Waals surface area contributed by atoms with Gasteiger partial charge in [-0.25, -0.2) is 0 Å². The average Bonchev–Trinajstić information content (AvgIpc) is 2.57. The summed E-state index contributed by atoms with van der Waals surface area (Å²) in [7, 11) is 0. The van der Waals surface area contributed by atoms with Gasteiger partial charge >= 0.3 is 5.97 Å². The molecule has 126 valence electrons. The monoisotopic (exact) mass is 324 g/mol. The Morgan fingerprint density at radius 1 is 1.00 bits per heavy atom. The Morgan fingerprint density at radius 3 is 2.29 bits per heavy atom. The maximum atomic E-state index is 10.7. The first-order valence-corrected chi connectivity index (χ1v) is 8.44. The van der Waals surface area contributed by atoms with Crippen LogP contribution >= 0.6 is 0 Å². The summed E-state index contributed by atoms with van der Waals surface area (Å²) in [6.07, 6.45) is 0.0927. The summed E-state index contributed by atoms with van der Waals surface area (Å²) in [5.41, 5.74) is 4.72. The number of carboxylic acids is 1. The number of hydrogen-bond donors (Lipinski definition) is 1. The summed E-state index contributed by atoms with van der Waals surface area (Å²) in [4.78, 5) is 15.6. The molecule has 2 aromatic carbocycles. The van der Waals surface area contributed by atoms with Crippen LogP contribution in [0.15, 0.2) is 48.5 Å². The van der Waals surface area contributed by atoms with E-state index in [1.807, 2.05) is 24.3 Å². The molecule has 0 aromatic heterocycles. The minimum absolute atomic E-state index is 0.0927. The summed E-state index contributed by atoms with van der Waals surface area (Å²) >= 11 is 0. The average molecular weight is 324 g/mol. The van der Waals surface area contributed by atoms with Crippen molar-refractivity contribution in [2.45, 2.75) is 19.9 Å². The number of aliphatic carboxylic acids is 1. The molecule has 1 heterocycles. The third-order valence-corrected chi connectivity index (χ3v) is 4.52. The molecule has 0 radical (unpaired) electrons. The van der Waals surface area contributed by atoms with E-state index in [0.29, 0.717) is 0 Å². The Balaban J connectivity index is 1.52. The van der Waals surface area contributed by atoms with Crippen LogP contribution in [0.2, 0.25) is 0 Å². The van der Waals surface area contributed by atoms with E-state index in [1.54, 1.807) is 0 Å². The van der Waals surface area contributed by atoms with E-state index in [2.05, 4.69) is 41.0 Å². The molecular weight excluding hydrogens is 300 g/mol. The Kier molecular flexibility index (Phi) is 5.16. The lowest BCUT2D eigenvalue weighted by atomic mass is 10.1. The Morgan fingerprint density at radius 2 is 1.67 bits per heavy atom. The second-order valence-electron chi connectivity index (χ2n) is 6.49. The summed E-state index contributed by atoms with van der Waals surface area (Å²) in [5.74, 6) is -0.782. The molecule has 24 heavy (non-hydrogen) atoms. The molecule has 1 aliphatic heterocycles. The smallest absolute Gasteiger partial charge is 0.307 e. The molecule has 0 spiro atoms. The van der Waals surface area contributed by atoms with Gasteiger partial charge in [-0.1, -0.05) is 36.4 Å². The van der Waals surface area contributed by atoms with Crippen LogP contribution in [-0.2, 0) is 17.8 Å². The number of nitrogens with zero attached hydrogens (tertiary/aromatic N) is 2. The number of benzene rings is 2. The second-order valence-corrected chi connectivity index (χ2v) is 6.49. The normalized spacial score (nSPS) is 15.5. The zero-order valence-corrected chi connectivity index (χ0v) is 14.1. The first-order valence-electron chi connectivity index (χ1n) is 8.44. The van der Waals surface area contributed by atoms with Gasteiger partial charge in [-0.05, 0) is 35.7 Å². The Bertz CT molecular complexity index is 689. The standard InChI is InChI=1S/C20H24N2O2/c1-16-3-2-4-19(13-16)22-11-9-21(10-12-22)15-18-7-5-17(6-8-18)14-20(23)24/h2-8,13H,9-12,14-15H2,1H3,(H,23,24). The van der Waals surface area contributed by atoms with Gasteiger partial charge in [0, 0.05) is 38.4 Å². The van der Waals surface area contributed by atoms with E-state index in [0.717, 1.165) is 38.3 Å². The highest BCUT2D eigenvalue weighted by atomic mass is 16.4. The lowest BCUT2D eigenvalue weighted by Crippen LogP contribution is -2.45. The van der Waals surface area contributed by atoms with Crippen molar-refractivity contribution < 1.29 is 9.90 Å². The van der Waals surface area contributed by atoms with Crippen LogP contribution in [0.1, 0.15) is 16.7 Å². The molecule has 0 atom stereocenters. The zero-order chi connectivity index (χ0) is 16.9. The number of aryl methyl sites for hydroxylation is 1. The van der Waals surface area contributed by atoms with Gasteiger partial charge in [-0.2, -0.15) is 0 Å². The van der Waals surface area contributed by atoms with E-state index in [-0.39, 0.29) is 6.42 Å². The third kappa shape index (κ3) is 4.36. The summed E-state index contributed by atoms with van der Waals surface area (Å²) in [6, 6.07) is 16.6. The van der Waals surface area contributed by atoms with E-state index < -0.39 is 5.97 Å². The maximum absolute atomic E-state index is 10.7. The van der Waals surface area contributed by atoms with Crippen molar-refractivity contribution in [1.82, 2.24) is 4.90 Å². The van der Waals surface area contributed by atoms with Crippen molar-refractivity contribution in [1.29, 1.82) is 0 Å². The van der Waals surface area contributed by atoms with E-state index in [4.69, 9.17) is 5.11 Å². The first kappa shape index (κ1) is 16.5. The van der Waals surface area contributed by atoms with Crippen LogP contribution in [0.4, 0.5) is 5.69 Å². The highest BCUT2D eigenvalue weighted by Gasteiger charge is 2.17. The lowest BCUT2D eigenvalue weighted by molar-refractivity contribution is -0.136. The maximum Gasteiger partial charge on any atom is 0.307 e. The summed E-state index contributed by atoms with van der Waals surface area (Å²) < 4.78 is 0. The molecule has 1 fully saturated rings. The molecule has 1 saturated heterocycles. The van der Waals surface area contributed by atoms with E-state index >= 15 is 0 Å². The van der Waals surface area contributed by atoms with Crippen LogP contribution < -0.4 is 4.90 Å². The van der Waals surface area contributed by atoms with Gasteiger partial charge in [0.15, 0.2) is 0 Å². The number of carboxylic acid groups (broad SMARTS) is 1. The molecule has 0 saturated carbocycles. The molecule has 4 nitrogen and oxygen atoms in total. The topological polar surface area (TPSA) is 43.8 Å². The van der Waals surface area contributed by atoms with Gasteiger partial charge in [0.1, 0.15) is 0 Å². The first-order chi connectivity index (χ1) is 11.6. The molecule has 4 heteroatoms. The number of piperazine rings is 1. The zero-order valence-electron chi connectivity index (χ0n) is 14.1. The van der Waals surface area contributed by atoms with E-state index in [9.17, 15) is 4.79 Å². The molecule has 1 aliphatic rings. The second kappa shape index (κ2) is 7.49. The van der Waals surface area contributed by atoms with E-state index in [1.165, 1.54) is 16.8 Å². The molecule has 0 bridgehead atoms. The molecule has 1 N–H and O–H groups in total. The predicted octanol–water partition coefficient (Wildman–Crippen LogP) is 2.94. The minimum atomic E-state index is -0.782.